The third-order valence-corrected chi connectivity index (χ3v) is 6.28. The molecule has 0 aromatic carbocycles. The molecule has 0 aliphatic carbocycles. The Balaban J connectivity index is 2.45. The molecule has 0 saturated carbocycles. The van der Waals surface area contributed by atoms with E-state index in [4.69, 9.17) is 15.6 Å². The van der Waals surface area contributed by atoms with Crippen molar-refractivity contribution in [3.8, 4) is 0 Å². The van der Waals surface area contributed by atoms with Gasteiger partial charge in [-0.2, -0.15) is 4.31 Å². The highest BCUT2D eigenvalue weighted by molar-refractivity contribution is 7.89. The van der Waals surface area contributed by atoms with Crippen LogP contribution in [-0.4, -0.2) is 55.5 Å². The van der Waals surface area contributed by atoms with Gasteiger partial charge in [-0.15, -0.1) is 11.3 Å². The molecule has 2 rings (SSSR count). The maximum absolute atomic E-state index is 12.6. The van der Waals surface area contributed by atoms with Crippen LogP contribution in [0.25, 0.3) is 0 Å². The number of nitrogens with two attached hydrogens (primary N) is 1. The minimum absolute atomic E-state index is 0.00632. The summed E-state index contributed by atoms with van der Waals surface area (Å²) in [5.41, 5.74) is 5.21. The van der Waals surface area contributed by atoms with Gasteiger partial charge in [0.15, 0.2) is 0 Å². The molecular formula is C11H14N2O6S2. The summed E-state index contributed by atoms with van der Waals surface area (Å²) in [5.74, 6) is -2.00. The van der Waals surface area contributed by atoms with Gasteiger partial charge in [0.25, 0.3) is 0 Å². The third-order valence-electron chi connectivity index (χ3n) is 3.08. The molecule has 3 N–H and O–H groups in total. The first-order valence-electron chi connectivity index (χ1n) is 5.97. The van der Waals surface area contributed by atoms with E-state index in [1.807, 2.05) is 0 Å². The first-order chi connectivity index (χ1) is 9.75. The summed E-state index contributed by atoms with van der Waals surface area (Å²) in [4.78, 5) is 22.5. The molecule has 10 heteroatoms. The SMILES string of the molecule is Cc1sc(C(=O)O)cc1S(=O)(=O)N1CCOCC1C(N)=O. The number of carbonyl (C=O) groups is 2. The minimum atomic E-state index is -4.00. The van der Waals surface area contributed by atoms with E-state index in [-0.39, 0.29) is 29.5 Å². The van der Waals surface area contributed by atoms with E-state index in [2.05, 4.69) is 0 Å². The summed E-state index contributed by atoms with van der Waals surface area (Å²) < 4.78 is 31.3. The highest BCUT2D eigenvalue weighted by Crippen LogP contribution is 2.29. The van der Waals surface area contributed by atoms with E-state index in [0.717, 1.165) is 21.7 Å². The number of ether oxygens (including phenoxy) is 1. The zero-order valence-electron chi connectivity index (χ0n) is 11.1. The molecule has 116 valence electrons. The maximum atomic E-state index is 12.6. The number of primary amides is 1. The zero-order valence-corrected chi connectivity index (χ0v) is 12.7. The summed E-state index contributed by atoms with van der Waals surface area (Å²) in [6.07, 6.45) is 0. The summed E-state index contributed by atoms with van der Waals surface area (Å²) in [7, 11) is -4.00. The van der Waals surface area contributed by atoms with E-state index in [9.17, 15) is 18.0 Å². The fourth-order valence-electron chi connectivity index (χ4n) is 2.05. The van der Waals surface area contributed by atoms with Crippen LogP contribution in [0, 0.1) is 6.92 Å². The van der Waals surface area contributed by atoms with Gasteiger partial charge in [-0.05, 0) is 13.0 Å². The molecule has 1 saturated heterocycles. The van der Waals surface area contributed by atoms with E-state index in [1.165, 1.54) is 6.92 Å². The number of hydrogen-bond acceptors (Lipinski definition) is 6. The number of thiophene rings is 1. The second kappa shape index (κ2) is 5.72. The molecule has 2 heterocycles. The number of carboxylic acid groups (broad SMARTS) is 1. The Morgan fingerprint density at radius 2 is 2.19 bits per heavy atom. The van der Waals surface area contributed by atoms with E-state index >= 15 is 0 Å². The lowest BCUT2D eigenvalue weighted by Crippen LogP contribution is -2.54. The second-order valence-electron chi connectivity index (χ2n) is 4.45. The first-order valence-corrected chi connectivity index (χ1v) is 8.23. The molecule has 1 aliphatic rings. The number of amides is 1. The molecule has 0 bridgehead atoms. The van der Waals surface area contributed by atoms with Crippen molar-refractivity contribution in [1.82, 2.24) is 4.31 Å². The maximum Gasteiger partial charge on any atom is 0.345 e. The molecule has 21 heavy (non-hydrogen) atoms. The fourth-order valence-corrected chi connectivity index (χ4v) is 5.02. The van der Waals surface area contributed by atoms with Crippen LogP contribution in [0.4, 0.5) is 0 Å². The number of morpholine rings is 1. The quantitative estimate of drug-likeness (QED) is 0.773. The van der Waals surface area contributed by atoms with Gasteiger partial charge in [0.1, 0.15) is 10.9 Å². The number of hydrogen-bond donors (Lipinski definition) is 2. The summed E-state index contributed by atoms with van der Waals surface area (Å²) in [6.45, 7) is 1.55. The van der Waals surface area contributed by atoms with Crippen LogP contribution >= 0.6 is 11.3 Å². The first kappa shape index (κ1) is 15.9. The summed E-state index contributed by atoms with van der Waals surface area (Å²) >= 11 is 0.870. The molecule has 1 aliphatic heterocycles. The van der Waals surface area contributed by atoms with Crippen molar-refractivity contribution in [2.75, 3.05) is 19.8 Å². The molecule has 1 amide bonds. The van der Waals surface area contributed by atoms with E-state index in [1.54, 1.807) is 0 Å². The number of rotatable bonds is 4. The van der Waals surface area contributed by atoms with Gasteiger partial charge >= 0.3 is 5.97 Å². The van der Waals surface area contributed by atoms with Crippen LogP contribution in [0.15, 0.2) is 11.0 Å². The average molecular weight is 334 g/mol. The molecule has 8 nitrogen and oxygen atoms in total. The van der Waals surface area contributed by atoms with Gasteiger partial charge in [-0.1, -0.05) is 0 Å². The van der Waals surface area contributed by atoms with Gasteiger partial charge in [-0.3, -0.25) is 4.79 Å². The molecule has 1 atom stereocenters. The average Bonchev–Trinajstić information content (AvgIpc) is 2.81. The predicted molar refractivity (Wildman–Crippen MR) is 73.7 cm³/mol. The predicted octanol–water partition coefficient (Wildman–Crippen LogP) is -0.370. The topological polar surface area (TPSA) is 127 Å². The van der Waals surface area contributed by atoms with Crippen LogP contribution in [-0.2, 0) is 19.6 Å². The molecule has 1 aromatic rings. The molecule has 1 aromatic heterocycles. The van der Waals surface area contributed by atoms with Crippen LogP contribution in [0.2, 0.25) is 0 Å². The Hall–Kier alpha value is -1.49. The van der Waals surface area contributed by atoms with Crippen molar-refractivity contribution in [2.24, 2.45) is 5.73 Å². The fraction of sp³-hybridized carbons (Fsp3) is 0.455. The standard InChI is InChI=1S/C11H14N2O6S2/c1-6-9(4-8(20-6)11(15)16)21(17,18)13-2-3-19-5-7(13)10(12)14/h4,7H,2-3,5H2,1H3,(H2,12,14)(H,15,16). The monoisotopic (exact) mass is 334 g/mol. The van der Waals surface area contributed by atoms with E-state index in [0.29, 0.717) is 4.88 Å². The highest BCUT2D eigenvalue weighted by atomic mass is 32.2. The molecule has 1 fully saturated rings. The highest BCUT2D eigenvalue weighted by Gasteiger charge is 2.38. The van der Waals surface area contributed by atoms with Crippen molar-refractivity contribution in [1.29, 1.82) is 0 Å². The van der Waals surface area contributed by atoms with Crippen LogP contribution in [0.3, 0.4) is 0 Å². The Kier molecular flexibility index (Phi) is 4.33. The number of carboxylic acids is 1. The lowest BCUT2D eigenvalue weighted by Gasteiger charge is -2.32. The molecule has 1 unspecified atom stereocenters. The van der Waals surface area contributed by atoms with Gasteiger partial charge in [-0.25, -0.2) is 13.2 Å². The number of aryl methyl sites for hydroxylation is 1. The number of carbonyl (C=O) groups excluding carboxylic acids is 1. The Bertz CT molecular complexity index is 681. The van der Waals surface area contributed by atoms with Gasteiger partial charge in [0, 0.05) is 11.4 Å². The Morgan fingerprint density at radius 1 is 1.52 bits per heavy atom. The molecule has 0 spiro atoms. The van der Waals surface area contributed by atoms with Crippen molar-refractivity contribution < 1.29 is 27.9 Å². The Morgan fingerprint density at radius 3 is 2.71 bits per heavy atom. The van der Waals surface area contributed by atoms with Crippen molar-refractivity contribution >= 4 is 33.2 Å². The number of aromatic carboxylic acids is 1. The van der Waals surface area contributed by atoms with Crippen LogP contribution in [0.5, 0.6) is 0 Å². The minimum Gasteiger partial charge on any atom is -0.477 e. The summed E-state index contributed by atoms with van der Waals surface area (Å²) in [6, 6.07) is 0.0156. The lowest BCUT2D eigenvalue weighted by molar-refractivity contribution is -0.125. The van der Waals surface area contributed by atoms with Crippen molar-refractivity contribution in [2.45, 2.75) is 17.9 Å². The summed E-state index contributed by atoms with van der Waals surface area (Å²) in [5, 5.41) is 8.95. The van der Waals surface area contributed by atoms with Gasteiger partial charge < -0.3 is 15.6 Å². The molecule has 0 radical (unpaired) electrons. The van der Waals surface area contributed by atoms with Gasteiger partial charge in [0.05, 0.1) is 18.1 Å². The van der Waals surface area contributed by atoms with Crippen LogP contribution in [0.1, 0.15) is 14.5 Å². The number of nitrogens with zero attached hydrogens (tertiary/aromatic N) is 1. The van der Waals surface area contributed by atoms with E-state index < -0.39 is 27.9 Å². The normalized spacial score (nSPS) is 20.3. The van der Waals surface area contributed by atoms with Crippen molar-refractivity contribution in [3.63, 3.8) is 0 Å². The lowest BCUT2D eigenvalue weighted by atomic mass is 10.3. The van der Waals surface area contributed by atoms with Crippen LogP contribution < -0.4 is 5.73 Å². The smallest absolute Gasteiger partial charge is 0.345 e. The second-order valence-corrected chi connectivity index (χ2v) is 7.56. The van der Waals surface area contributed by atoms with Crippen molar-refractivity contribution in [3.05, 3.63) is 15.8 Å². The Labute approximate surface area is 125 Å². The zero-order chi connectivity index (χ0) is 15.8. The molecular weight excluding hydrogens is 320 g/mol. The largest absolute Gasteiger partial charge is 0.477 e. The number of sulfonamides is 1. The third kappa shape index (κ3) is 2.93. The van der Waals surface area contributed by atoms with Gasteiger partial charge in [0.2, 0.25) is 15.9 Å².